The molecule has 3 rings (SSSR count). The van der Waals surface area contributed by atoms with Gasteiger partial charge in [-0.05, 0) is 24.6 Å². The molecule has 0 radical (unpaired) electrons. The van der Waals surface area contributed by atoms with Gasteiger partial charge in [-0.1, -0.05) is 42.5 Å². The van der Waals surface area contributed by atoms with E-state index in [-0.39, 0.29) is 25.2 Å². The molecule has 6 nitrogen and oxygen atoms in total. The standard InChI is InChI=1S/C19H19NO5/c1-13(14-7-3-2-4-8-14)20-18(21)12-24-19(22)17-11-23-15-9-5-6-10-16(15)25-17/h2-10,13,17H,11-12H2,1H3,(H,20,21)/t13-,17+/m1/s1. The van der Waals surface area contributed by atoms with Crippen LogP contribution in [0.2, 0.25) is 0 Å². The van der Waals surface area contributed by atoms with E-state index in [1.807, 2.05) is 43.3 Å². The fourth-order valence-electron chi connectivity index (χ4n) is 2.47. The molecular weight excluding hydrogens is 322 g/mol. The normalized spacial score (nSPS) is 16.6. The number of benzene rings is 2. The molecule has 0 aliphatic carbocycles. The van der Waals surface area contributed by atoms with Gasteiger partial charge in [-0.15, -0.1) is 0 Å². The van der Waals surface area contributed by atoms with Gasteiger partial charge in [0.2, 0.25) is 6.10 Å². The van der Waals surface area contributed by atoms with E-state index < -0.39 is 12.1 Å². The molecule has 1 heterocycles. The Kier molecular flexibility index (Phi) is 5.18. The molecular formula is C19H19NO5. The number of rotatable bonds is 5. The second kappa shape index (κ2) is 7.70. The van der Waals surface area contributed by atoms with E-state index in [0.29, 0.717) is 11.5 Å². The third kappa shape index (κ3) is 4.29. The lowest BCUT2D eigenvalue weighted by molar-refractivity contribution is -0.157. The largest absolute Gasteiger partial charge is 0.485 e. The highest BCUT2D eigenvalue weighted by atomic mass is 16.6. The number of esters is 1. The quantitative estimate of drug-likeness (QED) is 0.845. The van der Waals surface area contributed by atoms with Gasteiger partial charge in [0.1, 0.15) is 6.61 Å². The van der Waals surface area contributed by atoms with Crippen LogP contribution in [-0.4, -0.2) is 31.2 Å². The van der Waals surface area contributed by atoms with Gasteiger partial charge in [0.25, 0.3) is 5.91 Å². The van der Waals surface area contributed by atoms with Crippen molar-refractivity contribution >= 4 is 11.9 Å². The molecule has 0 saturated heterocycles. The van der Waals surface area contributed by atoms with Crippen LogP contribution in [-0.2, 0) is 14.3 Å². The lowest BCUT2D eigenvalue weighted by Crippen LogP contribution is -2.40. The molecule has 0 fully saturated rings. The zero-order valence-electron chi connectivity index (χ0n) is 13.8. The molecule has 1 aliphatic rings. The molecule has 130 valence electrons. The van der Waals surface area contributed by atoms with Crippen LogP contribution >= 0.6 is 0 Å². The maximum atomic E-state index is 12.1. The fraction of sp³-hybridized carbons (Fsp3) is 0.263. The second-order valence-corrected chi connectivity index (χ2v) is 5.67. The van der Waals surface area contributed by atoms with Crippen LogP contribution in [0.15, 0.2) is 54.6 Å². The Morgan fingerprint density at radius 2 is 1.80 bits per heavy atom. The maximum Gasteiger partial charge on any atom is 0.351 e. The van der Waals surface area contributed by atoms with Crippen LogP contribution < -0.4 is 14.8 Å². The van der Waals surface area contributed by atoms with Crippen molar-refractivity contribution in [3.63, 3.8) is 0 Å². The summed E-state index contributed by atoms with van der Waals surface area (Å²) in [5.41, 5.74) is 0.975. The van der Waals surface area contributed by atoms with Crippen LogP contribution in [0.4, 0.5) is 0 Å². The SMILES string of the molecule is C[C@@H](NC(=O)COC(=O)[C@@H]1COc2ccccc2O1)c1ccccc1. The summed E-state index contributed by atoms with van der Waals surface area (Å²) in [5, 5.41) is 2.78. The fourth-order valence-corrected chi connectivity index (χ4v) is 2.47. The summed E-state index contributed by atoms with van der Waals surface area (Å²) in [6, 6.07) is 16.4. The minimum absolute atomic E-state index is 0.0535. The predicted molar refractivity (Wildman–Crippen MR) is 90.3 cm³/mol. The third-order valence-electron chi connectivity index (χ3n) is 3.79. The number of hydrogen-bond donors (Lipinski definition) is 1. The lowest BCUT2D eigenvalue weighted by Gasteiger charge is -2.24. The predicted octanol–water partition coefficient (Wildman–Crippen LogP) is 2.25. The van der Waals surface area contributed by atoms with Crippen LogP contribution in [0.1, 0.15) is 18.5 Å². The Labute approximate surface area is 145 Å². The van der Waals surface area contributed by atoms with Crippen molar-refractivity contribution in [2.24, 2.45) is 0 Å². The summed E-state index contributed by atoms with van der Waals surface area (Å²) in [7, 11) is 0. The van der Waals surface area contributed by atoms with Crippen LogP contribution in [0, 0.1) is 0 Å². The number of fused-ring (bicyclic) bond motifs is 1. The highest BCUT2D eigenvalue weighted by Gasteiger charge is 2.29. The first-order valence-corrected chi connectivity index (χ1v) is 8.03. The van der Waals surface area contributed by atoms with Crippen LogP contribution in [0.5, 0.6) is 11.5 Å². The van der Waals surface area contributed by atoms with E-state index >= 15 is 0 Å². The summed E-state index contributed by atoms with van der Waals surface area (Å²) in [4.78, 5) is 24.0. The minimum atomic E-state index is -0.880. The molecule has 6 heteroatoms. The Balaban J connectivity index is 1.47. The Hall–Kier alpha value is -3.02. The summed E-state index contributed by atoms with van der Waals surface area (Å²) < 4.78 is 16.0. The van der Waals surface area contributed by atoms with E-state index in [9.17, 15) is 9.59 Å². The molecule has 0 spiro atoms. The average Bonchev–Trinajstić information content (AvgIpc) is 2.66. The average molecular weight is 341 g/mol. The first-order chi connectivity index (χ1) is 12.1. The molecule has 0 bridgehead atoms. The van der Waals surface area contributed by atoms with E-state index in [4.69, 9.17) is 14.2 Å². The second-order valence-electron chi connectivity index (χ2n) is 5.67. The van der Waals surface area contributed by atoms with Crippen molar-refractivity contribution < 1.29 is 23.8 Å². The minimum Gasteiger partial charge on any atom is -0.485 e. The van der Waals surface area contributed by atoms with E-state index in [1.165, 1.54) is 0 Å². The first-order valence-electron chi connectivity index (χ1n) is 8.03. The van der Waals surface area contributed by atoms with Crippen LogP contribution in [0.3, 0.4) is 0 Å². The number of ether oxygens (including phenoxy) is 3. The Morgan fingerprint density at radius 3 is 2.56 bits per heavy atom. The number of carbonyl (C=O) groups is 2. The summed E-state index contributed by atoms with van der Waals surface area (Å²) in [6.07, 6.45) is -0.880. The van der Waals surface area contributed by atoms with Gasteiger partial charge < -0.3 is 19.5 Å². The Morgan fingerprint density at radius 1 is 1.12 bits per heavy atom. The van der Waals surface area contributed by atoms with Gasteiger partial charge in [0, 0.05) is 0 Å². The van der Waals surface area contributed by atoms with Crippen molar-refractivity contribution in [2.45, 2.75) is 19.1 Å². The van der Waals surface area contributed by atoms with Crippen molar-refractivity contribution in [3.8, 4) is 11.5 Å². The Bertz CT molecular complexity index is 746. The smallest absolute Gasteiger partial charge is 0.351 e. The molecule has 0 aromatic heterocycles. The van der Waals surface area contributed by atoms with Gasteiger partial charge in [0.05, 0.1) is 6.04 Å². The highest BCUT2D eigenvalue weighted by Crippen LogP contribution is 2.31. The van der Waals surface area contributed by atoms with Crippen LogP contribution in [0.25, 0.3) is 0 Å². The van der Waals surface area contributed by atoms with Gasteiger partial charge in [-0.2, -0.15) is 0 Å². The number of nitrogens with one attached hydrogen (secondary N) is 1. The van der Waals surface area contributed by atoms with E-state index in [2.05, 4.69) is 5.32 Å². The topological polar surface area (TPSA) is 73.9 Å². The van der Waals surface area contributed by atoms with Crippen molar-refractivity contribution in [1.29, 1.82) is 0 Å². The molecule has 0 saturated carbocycles. The first kappa shape index (κ1) is 16.8. The molecule has 0 unspecified atom stereocenters. The zero-order chi connectivity index (χ0) is 17.6. The zero-order valence-corrected chi connectivity index (χ0v) is 13.8. The van der Waals surface area contributed by atoms with Gasteiger partial charge in [-0.25, -0.2) is 4.79 Å². The third-order valence-corrected chi connectivity index (χ3v) is 3.79. The molecule has 2 aromatic carbocycles. The summed E-state index contributed by atoms with van der Waals surface area (Å²) in [6.45, 7) is 1.56. The van der Waals surface area contributed by atoms with E-state index in [1.54, 1.807) is 18.2 Å². The number of para-hydroxylation sites is 2. The maximum absolute atomic E-state index is 12.1. The molecule has 25 heavy (non-hydrogen) atoms. The molecule has 2 atom stereocenters. The summed E-state index contributed by atoms with van der Waals surface area (Å²) in [5.74, 6) is 0.0673. The molecule has 1 amide bonds. The van der Waals surface area contributed by atoms with Gasteiger partial charge >= 0.3 is 5.97 Å². The highest BCUT2D eigenvalue weighted by molar-refractivity contribution is 5.82. The van der Waals surface area contributed by atoms with Crippen molar-refractivity contribution in [3.05, 3.63) is 60.2 Å². The van der Waals surface area contributed by atoms with Crippen molar-refractivity contribution in [2.75, 3.05) is 13.2 Å². The number of amides is 1. The van der Waals surface area contributed by atoms with Gasteiger partial charge in [-0.3, -0.25) is 4.79 Å². The molecule has 1 aliphatic heterocycles. The lowest BCUT2D eigenvalue weighted by atomic mass is 10.1. The summed E-state index contributed by atoms with van der Waals surface area (Å²) >= 11 is 0. The monoisotopic (exact) mass is 341 g/mol. The van der Waals surface area contributed by atoms with Crippen molar-refractivity contribution in [1.82, 2.24) is 5.32 Å². The van der Waals surface area contributed by atoms with Gasteiger partial charge in [0.15, 0.2) is 18.1 Å². The molecule has 2 aromatic rings. The molecule has 1 N–H and O–H groups in total. The number of carbonyl (C=O) groups excluding carboxylic acids is 2. The number of hydrogen-bond acceptors (Lipinski definition) is 5. The van der Waals surface area contributed by atoms with E-state index in [0.717, 1.165) is 5.56 Å².